The molecule has 0 bridgehead atoms. The van der Waals surface area contributed by atoms with Gasteiger partial charge in [-0.1, -0.05) is 40.0 Å². The Kier molecular flexibility index (Phi) is 6.34. The highest BCUT2D eigenvalue weighted by atomic mass is 35.5. The highest BCUT2D eigenvalue weighted by molar-refractivity contribution is 6.41. The number of carbonyl (C=O) groups is 1. The van der Waals surface area contributed by atoms with E-state index in [1.54, 1.807) is 24.3 Å². The van der Waals surface area contributed by atoms with E-state index < -0.39 is 0 Å². The normalized spacial score (nSPS) is 10.6. The molecule has 0 radical (unpaired) electrons. The average Bonchev–Trinajstić information content (AvgIpc) is 2.97. The number of halogens is 3. The van der Waals surface area contributed by atoms with Crippen LogP contribution < -0.4 is 15.6 Å². The summed E-state index contributed by atoms with van der Waals surface area (Å²) in [6, 6.07) is 9.74. The van der Waals surface area contributed by atoms with Crippen molar-refractivity contribution in [3.8, 4) is 5.75 Å². The number of nitrogens with zero attached hydrogens (tertiary/aromatic N) is 1. The van der Waals surface area contributed by atoms with Gasteiger partial charge < -0.3 is 9.26 Å². The topological polar surface area (TPSA) is 76.4 Å². The molecule has 3 aromatic rings. The minimum Gasteiger partial charge on any atom is -0.489 e. The number of amides is 1. The summed E-state index contributed by atoms with van der Waals surface area (Å²) in [5.74, 6) is 0.978. The number of benzene rings is 2. The molecule has 6 nitrogen and oxygen atoms in total. The zero-order chi connectivity index (χ0) is 20.3. The summed E-state index contributed by atoms with van der Waals surface area (Å²) in [5.41, 5.74) is 7.74. The number of aryl methyl sites for hydroxylation is 2. The molecule has 1 aromatic heterocycles. The molecular formula is C19H16Cl3N3O3. The Morgan fingerprint density at radius 3 is 2.32 bits per heavy atom. The molecule has 2 N–H and O–H groups in total. The van der Waals surface area contributed by atoms with Gasteiger partial charge in [-0.2, -0.15) is 0 Å². The predicted molar refractivity (Wildman–Crippen MR) is 109 cm³/mol. The van der Waals surface area contributed by atoms with E-state index in [1.165, 1.54) is 12.1 Å². The van der Waals surface area contributed by atoms with E-state index in [4.69, 9.17) is 44.1 Å². The molecule has 2 aromatic carbocycles. The number of rotatable bonds is 6. The van der Waals surface area contributed by atoms with E-state index in [2.05, 4.69) is 16.0 Å². The number of aromatic nitrogens is 1. The monoisotopic (exact) mass is 439 g/mol. The molecule has 9 heteroatoms. The lowest BCUT2D eigenvalue weighted by atomic mass is 10.2. The van der Waals surface area contributed by atoms with Crippen molar-refractivity contribution in [2.45, 2.75) is 20.5 Å². The lowest BCUT2D eigenvalue weighted by Gasteiger charge is -2.12. The number of hydrogen-bond acceptors (Lipinski definition) is 5. The first-order chi connectivity index (χ1) is 13.3. The Morgan fingerprint density at radius 1 is 1.11 bits per heavy atom. The van der Waals surface area contributed by atoms with Crippen molar-refractivity contribution in [1.82, 2.24) is 10.6 Å². The van der Waals surface area contributed by atoms with E-state index in [0.717, 1.165) is 17.0 Å². The zero-order valence-electron chi connectivity index (χ0n) is 15.0. The average molecular weight is 441 g/mol. The van der Waals surface area contributed by atoms with Crippen molar-refractivity contribution < 1.29 is 14.1 Å². The van der Waals surface area contributed by atoms with Crippen molar-refractivity contribution in [3.63, 3.8) is 0 Å². The molecule has 1 amide bonds. The maximum absolute atomic E-state index is 12.3. The summed E-state index contributed by atoms with van der Waals surface area (Å²) in [7, 11) is 0. The van der Waals surface area contributed by atoms with Crippen LogP contribution in [0.25, 0.3) is 0 Å². The zero-order valence-corrected chi connectivity index (χ0v) is 17.2. The molecular weight excluding hydrogens is 425 g/mol. The highest BCUT2D eigenvalue weighted by Gasteiger charge is 2.12. The maximum Gasteiger partial charge on any atom is 0.269 e. The van der Waals surface area contributed by atoms with Gasteiger partial charge in [0, 0.05) is 10.6 Å². The van der Waals surface area contributed by atoms with Gasteiger partial charge in [-0.15, -0.1) is 0 Å². The van der Waals surface area contributed by atoms with Crippen LogP contribution in [0.15, 0.2) is 40.9 Å². The lowest BCUT2D eigenvalue weighted by Crippen LogP contribution is -2.29. The van der Waals surface area contributed by atoms with Crippen LogP contribution in [0.1, 0.15) is 27.4 Å². The first kappa shape index (κ1) is 20.3. The van der Waals surface area contributed by atoms with E-state index >= 15 is 0 Å². The van der Waals surface area contributed by atoms with Gasteiger partial charge in [-0.3, -0.25) is 15.6 Å². The van der Waals surface area contributed by atoms with E-state index in [0.29, 0.717) is 38.7 Å². The van der Waals surface area contributed by atoms with Gasteiger partial charge in [0.1, 0.15) is 18.1 Å². The van der Waals surface area contributed by atoms with Crippen molar-refractivity contribution in [1.29, 1.82) is 0 Å². The molecule has 0 aliphatic rings. The van der Waals surface area contributed by atoms with Crippen LogP contribution in [0, 0.1) is 13.8 Å². The number of hydrogen-bond donors (Lipinski definition) is 2. The fraction of sp³-hybridized carbons (Fsp3) is 0.158. The fourth-order valence-electron chi connectivity index (χ4n) is 2.42. The van der Waals surface area contributed by atoms with Crippen LogP contribution in [0.4, 0.5) is 5.69 Å². The fourth-order valence-corrected chi connectivity index (χ4v) is 3.33. The third-order valence-electron chi connectivity index (χ3n) is 3.99. The summed E-state index contributed by atoms with van der Waals surface area (Å²) in [6.45, 7) is 4.02. The third-order valence-corrected chi connectivity index (χ3v) is 4.80. The first-order valence-electron chi connectivity index (χ1n) is 8.20. The van der Waals surface area contributed by atoms with Gasteiger partial charge in [0.25, 0.3) is 5.91 Å². The van der Waals surface area contributed by atoms with Gasteiger partial charge >= 0.3 is 0 Å². The summed E-state index contributed by atoms with van der Waals surface area (Å²) >= 11 is 18.0. The van der Waals surface area contributed by atoms with Gasteiger partial charge in [-0.25, -0.2) is 0 Å². The van der Waals surface area contributed by atoms with Crippen molar-refractivity contribution in [2.24, 2.45) is 0 Å². The highest BCUT2D eigenvalue weighted by Crippen LogP contribution is 2.33. The summed E-state index contributed by atoms with van der Waals surface area (Å²) in [6.07, 6.45) is 0. The number of ether oxygens (including phenoxy) is 1. The molecule has 0 saturated carbocycles. The van der Waals surface area contributed by atoms with Gasteiger partial charge in [0.2, 0.25) is 0 Å². The molecule has 28 heavy (non-hydrogen) atoms. The Bertz CT molecular complexity index is 961. The molecule has 0 saturated heterocycles. The largest absolute Gasteiger partial charge is 0.489 e. The molecule has 0 fully saturated rings. The molecule has 146 valence electrons. The Morgan fingerprint density at radius 2 is 1.75 bits per heavy atom. The van der Waals surface area contributed by atoms with Crippen LogP contribution >= 0.6 is 34.8 Å². The standard InChI is InChI=1S/C19H16Cl3N3O3/c1-10-15(11(2)28-25-10)9-27-14-5-3-12(4-6-14)19(26)24-23-18-16(21)7-13(20)8-17(18)22/h3-8,23H,9H2,1-2H3,(H,24,26). The van der Waals surface area contributed by atoms with Gasteiger partial charge in [0.15, 0.2) is 0 Å². The van der Waals surface area contributed by atoms with Crippen molar-refractivity contribution in [2.75, 3.05) is 5.43 Å². The van der Waals surface area contributed by atoms with E-state index in [1.807, 2.05) is 13.8 Å². The quantitative estimate of drug-likeness (QED) is 0.489. The Labute approximate surface area is 176 Å². The second kappa shape index (κ2) is 8.73. The molecule has 0 atom stereocenters. The Balaban J connectivity index is 1.59. The van der Waals surface area contributed by atoms with Crippen LogP contribution in [-0.2, 0) is 6.61 Å². The summed E-state index contributed by atoms with van der Waals surface area (Å²) in [5, 5.41) is 4.87. The van der Waals surface area contributed by atoms with Gasteiger partial charge in [0.05, 0.1) is 27.0 Å². The minimum atomic E-state index is -0.362. The lowest BCUT2D eigenvalue weighted by molar-refractivity contribution is 0.0962. The van der Waals surface area contributed by atoms with Crippen molar-refractivity contribution in [3.05, 3.63) is 74.0 Å². The van der Waals surface area contributed by atoms with E-state index in [9.17, 15) is 4.79 Å². The SMILES string of the molecule is Cc1noc(C)c1COc1ccc(C(=O)NNc2c(Cl)cc(Cl)cc2Cl)cc1. The number of hydrazine groups is 1. The second-order valence-electron chi connectivity index (χ2n) is 5.94. The third kappa shape index (κ3) is 4.70. The maximum atomic E-state index is 12.3. The number of carbonyl (C=O) groups excluding carboxylic acids is 1. The molecule has 0 unspecified atom stereocenters. The van der Waals surface area contributed by atoms with Crippen LogP contribution in [0.3, 0.4) is 0 Å². The minimum absolute atomic E-state index is 0.292. The molecule has 3 rings (SSSR count). The molecule has 0 aliphatic carbocycles. The number of nitrogens with one attached hydrogen (secondary N) is 2. The molecule has 0 aliphatic heterocycles. The van der Waals surface area contributed by atoms with Crippen LogP contribution in [0.5, 0.6) is 5.75 Å². The second-order valence-corrected chi connectivity index (χ2v) is 7.19. The molecule has 1 heterocycles. The first-order valence-corrected chi connectivity index (χ1v) is 9.34. The predicted octanol–water partition coefficient (Wildman–Crippen LogP) is 5.59. The Hall–Kier alpha value is -2.41. The van der Waals surface area contributed by atoms with Crippen LogP contribution in [0.2, 0.25) is 15.1 Å². The molecule has 0 spiro atoms. The smallest absolute Gasteiger partial charge is 0.269 e. The van der Waals surface area contributed by atoms with Gasteiger partial charge in [-0.05, 0) is 50.2 Å². The number of anilines is 1. The van der Waals surface area contributed by atoms with Crippen LogP contribution in [-0.4, -0.2) is 11.1 Å². The summed E-state index contributed by atoms with van der Waals surface area (Å²) in [4.78, 5) is 12.3. The van der Waals surface area contributed by atoms with Crippen molar-refractivity contribution >= 4 is 46.4 Å². The summed E-state index contributed by atoms with van der Waals surface area (Å²) < 4.78 is 10.8. The van der Waals surface area contributed by atoms with E-state index in [-0.39, 0.29) is 5.91 Å².